The topological polar surface area (TPSA) is 15.3 Å². The zero-order chi connectivity index (χ0) is 10.6. The quantitative estimate of drug-likeness (QED) is 0.729. The Balaban J connectivity index is 2.22. The molecule has 0 aromatic heterocycles. The van der Waals surface area contributed by atoms with Crippen LogP contribution in [0.25, 0.3) is 0 Å². The molecule has 0 spiro atoms. The lowest BCUT2D eigenvalue weighted by Gasteiger charge is -2.28. The average molecular weight is 198 g/mol. The van der Waals surface area contributed by atoms with Crippen LogP contribution in [0.4, 0.5) is 0 Å². The molecule has 1 N–H and O–H groups in total. The molecule has 84 valence electrons. The maximum atomic E-state index is 3.51. The highest BCUT2D eigenvalue weighted by atomic mass is 15.2. The number of rotatable bonds is 5. The van der Waals surface area contributed by atoms with Crippen LogP contribution in [-0.2, 0) is 0 Å². The molecular formula is C12H26N2. The molecule has 0 aromatic rings. The highest BCUT2D eigenvalue weighted by molar-refractivity contribution is 4.81. The van der Waals surface area contributed by atoms with Crippen molar-refractivity contribution in [2.24, 2.45) is 0 Å². The maximum Gasteiger partial charge on any atom is 0.0110 e. The van der Waals surface area contributed by atoms with Crippen LogP contribution in [0.3, 0.4) is 0 Å². The Hall–Kier alpha value is -0.0800. The van der Waals surface area contributed by atoms with Crippen molar-refractivity contribution in [3.05, 3.63) is 0 Å². The van der Waals surface area contributed by atoms with Gasteiger partial charge in [-0.3, -0.25) is 4.90 Å². The Morgan fingerprint density at radius 3 is 2.57 bits per heavy atom. The van der Waals surface area contributed by atoms with E-state index in [2.05, 4.69) is 37.9 Å². The highest BCUT2D eigenvalue weighted by Gasteiger charge is 2.25. The minimum Gasteiger partial charge on any atom is -0.314 e. The minimum absolute atomic E-state index is 0.629. The van der Waals surface area contributed by atoms with Gasteiger partial charge in [0.15, 0.2) is 0 Å². The average Bonchev–Trinajstić information content (AvgIpc) is 2.51. The summed E-state index contributed by atoms with van der Waals surface area (Å²) in [4.78, 5) is 2.65. The first-order valence-electron chi connectivity index (χ1n) is 6.10. The Kier molecular flexibility index (Phi) is 4.90. The number of nitrogens with zero attached hydrogens (tertiary/aromatic N) is 1. The fourth-order valence-corrected chi connectivity index (χ4v) is 2.39. The molecule has 0 radical (unpaired) electrons. The lowest BCUT2D eigenvalue weighted by Crippen LogP contribution is -2.38. The molecule has 1 rings (SSSR count). The zero-order valence-corrected chi connectivity index (χ0v) is 10.2. The number of hydrogen-bond acceptors (Lipinski definition) is 2. The van der Waals surface area contributed by atoms with Gasteiger partial charge in [0, 0.05) is 18.1 Å². The van der Waals surface area contributed by atoms with Crippen molar-refractivity contribution >= 4 is 0 Å². The standard InChI is InChI=1S/C12H26N2/c1-10(2)13-8-7-12-6-5-9-14(12)11(3)4/h10-13H,5-9H2,1-4H3/t12-/m0/s1. The predicted octanol–water partition coefficient (Wildman–Crippen LogP) is 2.25. The number of hydrogen-bond donors (Lipinski definition) is 1. The summed E-state index contributed by atoms with van der Waals surface area (Å²) in [5.41, 5.74) is 0. The highest BCUT2D eigenvalue weighted by Crippen LogP contribution is 2.21. The Bertz CT molecular complexity index is 154. The lowest BCUT2D eigenvalue weighted by atomic mass is 10.1. The zero-order valence-electron chi connectivity index (χ0n) is 10.2. The van der Waals surface area contributed by atoms with Gasteiger partial charge in [-0.2, -0.15) is 0 Å². The van der Waals surface area contributed by atoms with Gasteiger partial charge in [-0.15, -0.1) is 0 Å². The van der Waals surface area contributed by atoms with Crippen LogP contribution in [0, 0.1) is 0 Å². The van der Waals surface area contributed by atoms with Crippen LogP contribution in [-0.4, -0.2) is 36.1 Å². The monoisotopic (exact) mass is 198 g/mol. The van der Waals surface area contributed by atoms with Crippen LogP contribution in [0.1, 0.15) is 47.0 Å². The second-order valence-corrected chi connectivity index (χ2v) is 5.03. The molecule has 0 saturated carbocycles. The fraction of sp³-hybridized carbons (Fsp3) is 1.00. The van der Waals surface area contributed by atoms with Crippen LogP contribution in [0.5, 0.6) is 0 Å². The van der Waals surface area contributed by atoms with E-state index < -0.39 is 0 Å². The molecule has 1 atom stereocenters. The van der Waals surface area contributed by atoms with Crippen molar-refractivity contribution in [2.45, 2.75) is 65.1 Å². The van der Waals surface area contributed by atoms with E-state index in [1.54, 1.807) is 0 Å². The normalized spacial score (nSPS) is 24.0. The summed E-state index contributed by atoms with van der Waals surface area (Å²) in [5, 5.41) is 3.51. The van der Waals surface area contributed by atoms with Gasteiger partial charge in [0.05, 0.1) is 0 Å². The van der Waals surface area contributed by atoms with Gasteiger partial charge in [-0.1, -0.05) is 13.8 Å². The molecule has 1 fully saturated rings. The summed E-state index contributed by atoms with van der Waals surface area (Å²) in [6, 6.07) is 2.19. The van der Waals surface area contributed by atoms with E-state index in [0.29, 0.717) is 6.04 Å². The summed E-state index contributed by atoms with van der Waals surface area (Å²) in [6.45, 7) is 11.5. The molecular weight excluding hydrogens is 172 g/mol. The van der Waals surface area contributed by atoms with Crippen molar-refractivity contribution in [1.29, 1.82) is 0 Å². The summed E-state index contributed by atoms with van der Waals surface area (Å²) in [5.74, 6) is 0. The van der Waals surface area contributed by atoms with Crippen molar-refractivity contribution in [2.75, 3.05) is 13.1 Å². The molecule has 2 heteroatoms. The summed E-state index contributed by atoms with van der Waals surface area (Å²) in [7, 11) is 0. The van der Waals surface area contributed by atoms with E-state index in [1.165, 1.54) is 32.4 Å². The summed E-state index contributed by atoms with van der Waals surface area (Å²) in [6.07, 6.45) is 4.11. The molecule has 0 unspecified atom stereocenters. The second kappa shape index (κ2) is 5.72. The van der Waals surface area contributed by atoms with Gasteiger partial charge in [-0.25, -0.2) is 0 Å². The number of likely N-dealkylation sites (tertiary alicyclic amines) is 1. The molecule has 0 bridgehead atoms. The first kappa shape index (κ1) is 12.0. The first-order chi connectivity index (χ1) is 6.61. The van der Waals surface area contributed by atoms with Gasteiger partial charge >= 0.3 is 0 Å². The molecule has 0 aliphatic carbocycles. The van der Waals surface area contributed by atoms with E-state index in [0.717, 1.165) is 12.1 Å². The van der Waals surface area contributed by atoms with E-state index in [4.69, 9.17) is 0 Å². The molecule has 1 aliphatic heterocycles. The first-order valence-corrected chi connectivity index (χ1v) is 6.10. The van der Waals surface area contributed by atoms with E-state index in [9.17, 15) is 0 Å². The molecule has 1 aliphatic rings. The van der Waals surface area contributed by atoms with Crippen LogP contribution >= 0.6 is 0 Å². The van der Waals surface area contributed by atoms with Gasteiger partial charge in [0.25, 0.3) is 0 Å². The van der Waals surface area contributed by atoms with E-state index in [-0.39, 0.29) is 0 Å². The minimum atomic E-state index is 0.629. The van der Waals surface area contributed by atoms with E-state index in [1.807, 2.05) is 0 Å². The summed E-state index contributed by atoms with van der Waals surface area (Å²) >= 11 is 0. The van der Waals surface area contributed by atoms with Crippen molar-refractivity contribution in [1.82, 2.24) is 10.2 Å². The van der Waals surface area contributed by atoms with Crippen LogP contribution in [0.15, 0.2) is 0 Å². The van der Waals surface area contributed by atoms with Crippen LogP contribution in [0.2, 0.25) is 0 Å². The third kappa shape index (κ3) is 3.58. The van der Waals surface area contributed by atoms with Crippen molar-refractivity contribution in [3.63, 3.8) is 0 Å². The Labute approximate surface area is 89.1 Å². The third-order valence-electron chi connectivity index (χ3n) is 3.12. The Morgan fingerprint density at radius 2 is 2.00 bits per heavy atom. The largest absolute Gasteiger partial charge is 0.314 e. The lowest BCUT2D eigenvalue weighted by molar-refractivity contribution is 0.194. The second-order valence-electron chi connectivity index (χ2n) is 5.03. The smallest absolute Gasteiger partial charge is 0.0110 e. The van der Waals surface area contributed by atoms with Crippen molar-refractivity contribution in [3.8, 4) is 0 Å². The molecule has 1 saturated heterocycles. The van der Waals surface area contributed by atoms with Crippen molar-refractivity contribution < 1.29 is 0 Å². The summed E-state index contributed by atoms with van der Waals surface area (Å²) < 4.78 is 0. The van der Waals surface area contributed by atoms with Gasteiger partial charge < -0.3 is 5.32 Å². The van der Waals surface area contributed by atoms with Crippen LogP contribution < -0.4 is 5.32 Å². The molecule has 0 amide bonds. The van der Waals surface area contributed by atoms with Gasteiger partial charge in [0.1, 0.15) is 0 Å². The fourth-order valence-electron chi connectivity index (χ4n) is 2.39. The maximum absolute atomic E-state index is 3.51. The Morgan fingerprint density at radius 1 is 1.29 bits per heavy atom. The number of nitrogens with one attached hydrogen (secondary N) is 1. The predicted molar refractivity (Wildman–Crippen MR) is 62.6 cm³/mol. The molecule has 14 heavy (non-hydrogen) atoms. The molecule has 1 heterocycles. The van der Waals surface area contributed by atoms with E-state index >= 15 is 0 Å². The van der Waals surface area contributed by atoms with Gasteiger partial charge in [-0.05, 0) is 46.2 Å². The molecule has 2 nitrogen and oxygen atoms in total. The SMILES string of the molecule is CC(C)NCC[C@@H]1CCCN1C(C)C. The van der Waals surface area contributed by atoms with Gasteiger partial charge in [0.2, 0.25) is 0 Å². The third-order valence-corrected chi connectivity index (χ3v) is 3.12. The molecule has 0 aromatic carbocycles.